The predicted octanol–water partition coefficient (Wildman–Crippen LogP) is 5.49. The van der Waals surface area contributed by atoms with Gasteiger partial charge in [-0.15, -0.1) is 0 Å². The lowest BCUT2D eigenvalue weighted by Gasteiger charge is -2.32. The molecule has 0 aliphatic heterocycles. The molecule has 0 unspecified atom stereocenters. The van der Waals surface area contributed by atoms with E-state index in [4.69, 9.17) is 0 Å². The van der Waals surface area contributed by atoms with Crippen molar-refractivity contribution in [2.75, 3.05) is 0 Å². The lowest BCUT2D eigenvalue weighted by Crippen LogP contribution is -2.26. The molecule has 4 atom stereocenters. The molecule has 2 saturated carbocycles. The van der Waals surface area contributed by atoms with Crippen molar-refractivity contribution < 1.29 is 4.79 Å². The predicted molar refractivity (Wildman–Crippen MR) is 90.1 cm³/mol. The van der Waals surface area contributed by atoms with Gasteiger partial charge in [-0.1, -0.05) is 49.8 Å². The molecule has 0 aromatic rings. The number of carbonyl (C=O) groups excluding carboxylic acids is 1. The van der Waals surface area contributed by atoms with Crippen LogP contribution in [0.1, 0.15) is 59.8 Å². The van der Waals surface area contributed by atoms with E-state index in [0.29, 0.717) is 17.6 Å². The average molecular weight is 286 g/mol. The molecule has 2 aliphatic carbocycles. The van der Waals surface area contributed by atoms with Crippen molar-refractivity contribution in [3.63, 3.8) is 0 Å². The van der Waals surface area contributed by atoms with E-state index < -0.39 is 0 Å². The zero-order valence-corrected chi connectivity index (χ0v) is 14.1. The minimum Gasteiger partial charge on any atom is -0.299 e. The average Bonchev–Trinajstić information content (AvgIpc) is 2.66. The molecule has 2 fully saturated rings. The third kappa shape index (κ3) is 3.56. The van der Waals surface area contributed by atoms with Crippen LogP contribution in [-0.4, -0.2) is 5.78 Å². The second-order valence-corrected chi connectivity index (χ2v) is 7.64. The molecule has 0 spiro atoms. The summed E-state index contributed by atoms with van der Waals surface area (Å²) in [5.41, 5.74) is 2.80. The number of rotatable bonds is 3. The monoisotopic (exact) mass is 286 g/mol. The second-order valence-electron chi connectivity index (χ2n) is 7.64. The summed E-state index contributed by atoms with van der Waals surface area (Å²) in [5, 5.41) is 0. The Kier molecular flexibility index (Phi) is 4.91. The van der Waals surface area contributed by atoms with Crippen molar-refractivity contribution in [2.24, 2.45) is 23.2 Å². The number of carbonyl (C=O) groups is 1. The molecule has 1 nitrogen and oxygen atoms in total. The van der Waals surface area contributed by atoms with Crippen LogP contribution >= 0.6 is 0 Å². The molecular formula is C20H30O. The van der Waals surface area contributed by atoms with Gasteiger partial charge in [-0.25, -0.2) is 0 Å². The molecule has 2 aliphatic rings. The molecule has 0 radical (unpaired) electrons. The van der Waals surface area contributed by atoms with E-state index in [9.17, 15) is 4.79 Å². The summed E-state index contributed by atoms with van der Waals surface area (Å²) in [4.78, 5) is 12.2. The highest BCUT2D eigenvalue weighted by atomic mass is 16.1. The van der Waals surface area contributed by atoms with Crippen LogP contribution in [0.3, 0.4) is 0 Å². The normalized spacial score (nSPS) is 37.6. The first-order valence-corrected chi connectivity index (χ1v) is 8.36. The van der Waals surface area contributed by atoms with Crippen LogP contribution in [0, 0.1) is 23.2 Å². The van der Waals surface area contributed by atoms with Crippen molar-refractivity contribution in [3.8, 4) is 0 Å². The van der Waals surface area contributed by atoms with Crippen molar-refractivity contribution in [1.29, 1.82) is 0 Å². The maximum atomic E-state index is 12.2. The Morgan fingerprint density at radius 1 is 1.29 bits per heavy atom. The molecule has 0 saturated heterocycles. The molecule has 0 aromatic carbocycles. The van der Waals surface area contributed by atoms with Crippen LogP contribution in [0.4, 0.5) is 0 Å². The van der Waals surface area contributed by atoms with Gasteiger partial charge in [0.05, 0.1) is 0 Å². The Labute approximate surface area is 130 Å². The Morgan fingerprint density at radius 2 is 2.00 bits per heavy atom. The van der Waals surface area contributed by atoms with Gasteiger partial charge in [0, 0.05) is 12.3 Å². The fourth-order valence-electron chi connectivity index (χ4n) is 4.32. The molecule has 2 rings (SSSR count). The van der Waals surface area contributed by atoms with Gasteiger partial charge in [0.1, 0.15) is 5.78 Å². The topological polar surface area (TPSA) is 17.1 Å². The minimum absolute atomic E-state index is 0.236. The first-order valence-electron chi connectivity index (χ1n) is 8.36. The van der Waals surface area contributed by atoms with E-state index in [2.05, 4.69) is 45.6 Å². The largest absolute Gasteiger partial charge is 0.299 e. The third-order valence-electron chi connectivity index (χ3n) is 5.77. The summed E-state index contributed by atoms with van der Waals surface area (Å²) < 4.78 is 0. The van der Waals surface area contributed by atoms with Crippen molar-refractivity contribution in [3.05, 3.63) is 36.0 Å². The lowest BCUT2D eigenvalue weighted by atomic mass is 9.72. The van der Waals surface area contributed by atoms with Gasteiger partial charge < -0.3 is 0 Å². The molecule has 0 amide bonds. The van der Waals surface area contributed by atoms with Crippen LogP contribution in [0.15, 0.2) is 36.0 Å². The highest BCUT2D eigenvalue weighted by Gasteiger charge is 2.48. The summed E-state index contributed by atoms with van der Waals surface area (Å²) in [7, 11) is 0. The molecule has 0 heterocycles. The molecule has 21 heavy (non-hydrogen) atoms. The van der Waals surface area contributed by atoms with Gasteiger partial charge in [0.25, 0.3) is 0 Å². The molecule has 1 heteroatoms. The number of allylic oxidation sites excluding steroid dienone is 5. The number of hydrogen-bond acceptors (Lipinski definition) is 1. The smallest absolute Gasteiger partial charge is 0.136 e. The van der Waals surface area contributed by atoms with E-state index in [1.807, 2.05) is 6.92 Å². The molecule has 116 valence electrons. The zero-order valence-electron chi connectivity index (χ0n) is 14.1. The van der Waals surface area contributed by atoms with E-state index in [1.165, 1.54) is 24.8 Å². The molecule has 0 bridgehead atoms. The van der Waals surface area contributed by atoms with Crippen LogP contribution in [0.5, 0.6) is 0 Å². The van der Waals surface area contributed by atoms with Crippen LogP contribution in [0.2, 0.25) is 0 Å². The van der Waals surface area contributed by atoms with Crippen molar-refractivity contribution >= 4 is 5.78 Å². The molecular weight excluding hydrogens is 256 g/mol. The number of fused-ring (bicyclic) bond motifs is 1. The third-order valence-corrected chi connectivity index (χ3v) is 5.77. The Bertz CT molecular complexity index is 482. The highest BCUT2D eigenvalue weighted by Crippen LogP contribution is 2.55. The number of Topliss-reactive ketones (excluding diaryl/α,β-unsaturated/α-hetero) is 1. The first kappa shape index (κ1) is 16.3. The fraction of sp³-hybridized carbons (Fsp3) is 0.650. The SMILES string of the molecule is C=C(C)/C=C/C=C(\C)[C@@H]1CC[C@]2(C)CC(=O)[C@H](C)CC[C@@H]12. The van der Waals surface area contributed by atoms with Crippen LogP contribution < -0.4 is 0 Å². The standard InChI is InChI=1S/C20H30O/c1-14(2)7-6-8-15(3)17-11-12-20(5)13-19(21)16(4)9-10-18(17)20/h6-8,16-18H,1,9-13H2,2-5H3/b7-6+,15-8+/t16-,17+,18+,20-/m1/s1. The van der Waals surface area contributed by atoms with Crippen molar-refractivity contribution in [1.82, 2.24) is 0 Å². The fourth-order valence-corrected chi connectivity index (χ4v) is 4.32. The van der Waals surface area contributed by atoms with Gasteiger partial charge in [0.2, 0.25) is 0 Å². The van der Waals surface area contributed by atoms with Gasteiger partial charge in [-0.3, -0.25) is 4.79 Å². The summed E-state index contributed by atoms with van der Waals surface area (Å²) in [6.07, 6.45) is 12.0. The Hall–Kier alpha value is -1.11. The maximum Gasteiger partial charge on any atom is 0.136 e. The minimum atomic E-state index is 0.236. The molecule has 0 aromatic heterocycles. The first-order chi connectivity index (χ1) is 9.83. The van der Waals surface area contributed by atoms with Gasteiger partial charge in [-0.05, 0) is 56.8 Å². The van der Waals surface area contributed by atoms with E-state index in [0.717, 1.165) is 18.4 Å². The Balaban J connectivity index is 2.17. The van der Waals surface area contributed by atoms with Crippen LogP contribution in [0.25, 0.3) is 0 Å². The van der Waals surface area contributed by atoms with E-state index >= 15 is 0 Å². The Morgan fingerprint density at radius 3 is 2.67 bits per heavy atom. The molecule has 0 N–H and O–H groups in total. The van der Waals surface area contributed by atoms with Gasteiger partial charge >= 0.3 is 0 Å². The summed E-state index contributed by atoms with van der Waals surface area (Å²) in [6.45, 7) is 12.6. The summed E-state index contributed by atoms with van der Waals surface area (Å²) in [5.74, 6) is 2.09. The highest BCUT2D eigenvalue weighted by molar-refractivity contribution is 5.81. The lowest BCUT2D eigenvalue weighted by molar-refractivity contribution is -0.124. The van der Waals surface area contributed by atoms with Crippen LogP contribution in [-0.2, 0) is 4.79 Å². The zero-order chi connectivity index (χ0) is 15.6. The van der Waals surface area contributed by atoms with E-state index in [-0.39, 0.29) is 11.3 Å². The second kappa shape index (κ2) is 6.34. The quantitative estimate of drug-likeness (QED) is 0.627. The summed E-state index contributed by atoms with van der Waals surface area (Å²) in [6, 6.07) is 0. The maximum absolute atomic E-state index is 12.2. The van der Waals surface area contributed by atoms with Gasteiger partial charge in [0.15, 0.2) is 0 Å². The number of hydrogen-bond donors (Lipinski definition) is 0. The summed E-state index contributed by atoms with van der Waals surface area (Å²) >= 11 is 0. The number of ketones is 1. The van der Waals surface area contributed by atoms with Gasteiger partial charge in [-0.2, -0.15) is 0 Å². The van der Waals surface area contributed by atoms with E-state index in [1.54, 1.807) is 0 Å². The van der Waals surface area contributed by atoms with Crippen molar-refractivity contribution in [2.45, 2.75) is 59.8 Å².